The van der Waals surface area contributed by atoms with E-state index < -0.39 is 22.5 Å². The van der Waals surface area contributed by atoms with Crippen LogP contribution in [0.15, 0.2) is 24.3 Å². The average Bonchev–Trinajstić information content (AvgIpc) is 2.36. The zero-order valence-corrected chi connectivity index (χ0v) is 13.1. The van der Waals surface area contributed by atoms with Gasteiger partial charge in [-0.15, -0.1) is 0 Å². The highest BCUT2D eigenvalue weighted by molar-refractivity contribution is 7.80. The van der Waals surface area contributed by atoms with Gasteiger partial charge in [-0.05, 0) is 30.0 Å². The van der Waals surface area contributed by atoms with Gasteiger partial charge in [0.05, 0.1) is 5.41 Å². The third-order valence-electron chi connectivity index (χ3n) is 3.49. The minimum atomic E-state index is -1.15. The van der Waals surface area contributed by atoms with E-state index in [4.69, 9.17) is 11.5 Å². The van der Waals surface area contributed by atoms with Crippen LogP contribution in [0.25, 0.3) is 0 Å². The molecule has 0 saturated heterocycles. The summed E-state index contributed by atoms with van der Waals surface area (Å²) in [6.45, 7) is 3.88. The number of amides is 2. The molecule has 21 heavy (non-hydrogen) atoms. The first-order chi connectivity index (χ1) is 9.69. The Morgan fingerprint density at radius 2 is 1.76 bits per heavy atom. The molecule has 0 heterocycles. The molecule has 2 amide bonds. The Bertz CT molecular complexity index is 516. The molecule has 1 aromatic carbocycles. The van der Waals surface area contributed by atoms with Crippen molar-refractivity contribution in [2.75, 3.05) is 0 Å². The molecule has 0 aliphatic heterocycles. The Morgan fingerprint density at radius 1 is 1.24 bits per heavy atom. The molecule has 5 N–H and O–H groups in total. The fourth-order valence-electron chi connectivity index (χ4n) is 2.62. The molecule has 116 valence electrons. The van der Waals surface area contributed by atoms with E-state index in [0.29, 0.717) is 12.0 Å². The Kier molecular flexibility index (Phi) is 5.66. The first kappa shape index (κ1) is 17.4. The van der Waals surface area contributed by atoms with E-state index in [-0.39, 0.29) is 18.1 Å². The van der Waals surface area contributed by atoms with Crippen LogP contribution < -0.4 is 11.5 Å². The first-order valence-corrected chi connectivity index (χ1v) is 7.26. The predicted octanol–water partition coefficient (Wildman–Crippen LogP) is 1.76. The van der Waals surface area contributed by atoms with Crippen LogP contribution in [-0.4, -0.2) is 16.9 Å². The van der Waals surface area contributed by atoms with Crippen LogP contribution in [0.1, 0.15) is 37.5 Å². The van der Waals surface area contributed by atoms with Crippen LogP contribution >= 0.6 is 12.6 Å². The lowest BCUT2D eigenvalue weighted by molar-refractivity contribution is -0.134. The Balaban J connectivity index is 3.28. The number of carbonyl (C=O) groups excluding carboxylic acids is 2. The van der Waals surface area contributed by atoms with E-state index in [1.165, 1.54) is 12.1 Å². The fourth-order valence-corrected chi connectivity index (χ4v) is 3.11. The third-order valence-corrected chi connectivity index (χ3v) is 4.28. The van der Waals surface area contributed by atoms with Crippen molar-refractivity contribution >= 4 is 24.4 Å². The summed E-state index contributed by atoms with van der Waals surface area (Å²) in [7, 11) is 0. The summed E-state index contributed by atoms with van der Waals surface area (Å²) in [5.41, 5.74) is 10.5. The van der Waals surface area contributed by atoms with E-state index in [1.807, 2.05) is 13.8 Å². The van der Waals surface area contributed by atoms with Crippen LogP contribution in [0.3, 0.4) is 0 Å². The summed E-state index contributed by atoms with van der Waals surface area (Å²) in [6.07, 6.45) is 0.246. The van der Waals surface area contributed by atoms with Crippen molar-refractivity contribution in [1.29, 1.82) is 0 Å². The van der Waals surface area contributed by atoms with Gasteiger partial charge in [-0.1, -0.05) is 26.0 Å². The molecule has 1 rings (SSSR count). The Labute approximate surface area is 130 Å². The van der Waals surface area contributed by atoms with Gasteiger partial charge >= 0.3 is 0 Å². The van der Waals surface area contributed by atoms with Crippen LogP contribution in [0, 0.1) is 11.3 Å². The highest BCUT2D eigenvalue weighted by atomic mass is 32.1. The summed E-state index contributed by atoms with van der Waals surface area (Å²) in [6, 6.07) is 6.33. The molecule has 0 aromatic heterocycles. The number of rotatable bonds is 7. The van der Waals surface area contributed by atoms with Gasteiger partial charge in [-0.25, -0.2) is 0 Å². The highest BCUT2D eigenvalue weighted by Gasteiger charge is 2.45. The number of benzene rings is 1. The molecule has 0 radical (unpaired) electrons. The minimum absolute atomic E-state index is 0.114. The predicted molar refractivity (Wildman–Crippen MR) is 84.7 cm³/mol. The first-order valence-electron chi connectivity index (χ1n) is 6.74. The van der Waals surface area contributed by atoms with Gasteiger partial charge in [-0.3, -0.25) is 9.59 Å². The minimum Gasteiger partial charge on any atom is -0.508 e. The smallest absolute Gasteiger partial charge is 0.225 e. The molecule has 0 aliphatic carbocycles. The normalized spacial score (nSPS) is 15.4. The van der Waals surface area contributed by atoms with Crippen molar-refractivity contribution in [1.82, 2.24) is 0 Å². The maximum Gasteiger partial charge on any atom is 0.225 e. The zero-order valence-electron chi connectivity index (χ0n) is 12.2. The molecule has 2 atom stereocenters. The van der Waals surface area contributed by atoms with Crippen molar-refractivity contribution in [3.8, 4) is 5.75 Å². The number of hydrogen-bond acceptors (Lipinski definition) is 4. The Morgan fingerprint density at radius 3 is 2.14 bits per heavy atom. The van der Waals surface area contributed by atoms with Crippen LogP contribution in [0.4, 0.5) is 0 Å². The van der Waals surface area contributed by atoms with E-state index in [9.17, 15) is 14.7 Å². The number of carbonyl (C=O) groups is 2. The molecular formula is C15H22N2O3S. The average molecular weight is 310 g/mol. The number of phenolic OH excluding ortho intramolecular Hbond substituents is 1. The van der Waals surface area contributed by atoms with E-state index in [0.717, 1.165) is 0 Å². The quantitative estimate of drug-likeness (QED) is 0.576. The summed E-state index contributed by atoms with van der Waals surface area (Å²) >= 11 is 4.53. The van der Waals surface area contributed by atoms with Crippen molar-refractivity contribution in [3.05, 3.63) is 29.8 Å². The molecule has 0 saturated carbocycles. The van der Waals surface area contributed by atoms with Crippen LogP contribution in [0.5, 0.6) is 5.75 Å². The van der Waals surface area contributed by atoms with Crippen molar-refractivity contribution in [2.45, 2.75) is 31.9 Å². The summed E-state index contributed by atoms with van der Waals surface area (Å²) < 4.78 is 0. The summed E-state index contributed by atoms with van der Waals surface area (Å²) in [5.74, 6) is -0.929. The maximum atomic E-state index is 12.1. The summed E-state index contributed by atoms with van der Waals surface area (Å²) in [5, 5.41) is 8.77. The largest absolute Gasteiger partial charge is 0.508 e. The molecule has 0 aliphatic rings. The number of aromatic hydroxyl groups is 1. The topological polar surface area (TPSA) is 106 Å². The molecule has 0 spiro atoms. The van der Waals surface area contributed by atoms with Crippen LogP contribution in [-0.2, 0) is 9.59 Å². The van der Waals surface area contributed by atoms with Gasteiger partial charge in [0.1, 0.15) is 5.75 Å². The molecule has 0 fully saturated rings. The van der Waals surface area contributed by atoms with Gasteiger partial charge in [-0.2, -0.15) is 12.6 Å². The van der Waals surface area contributed by atoms with E-state index >= 15 is 0 Å². The molecular weight excluding hydrogens is 288 g/mol. The highest BCUT2D eigenvalue weighted by Crippen LogP contribution is 2.46. The van der Waals surface area contributed by atoms with Gasteiger partial charge in [0.15, 0.2) is 0 Å². The molecule has 1 aromatic rings. The second-order valence-corrected chi connectivity index (χ2v) is 6.27. The number of thiol groups is 1. The van der Waals surface area contributed by atoms with Crippen molar-refractivity contribution in [3.63, 3.8) is 0 Å². The van der Waals surface area contributed by atoms with E-state index in [1.54, 1.807) is 12.1 Å². The van der Waals surface area contributed by atoms with Crippen molar-refractivity contribution in [2.24, 2.45) is 22.8 Å². The number of phenols is 1. The maximum absolute atomic E-state index is 12.1. The lowest BCUT2D eigenvalue weighted by atomic mass is 9.71. The lowest BCUT2D eigenvalue weighted by Gasteiger charge is -2.36. The standard InChI is InChI=1S/C15H22N2O3S/c1-9(2)7-15(14(17)20,8-12(16)19)13(21)10-3-5-11(18)6-4-10/h3-6,9,13,18,21H,7-8H2,1-2H3,(H2,16,19)(H2,17,20). The fraction of sp³-hybridized carbons (Fsp3) is 0.467. The SMILES string of the molecule is CC(C)CC(CC(N)=O)(C(N)=O)C(S)c1ccc(O)cc1. The van der Waals surface area contributed by atoms with Crippen LogP contribution in [0.2, 0.25) is 0 Å². The van der Waals surface area contributed by atoms with Gasteiger partial charge in [0.25, 0.3) is 0 Å². The molecule has 2 unspecified atom stereocenters. The zero-order chi connectivity index (χ0) is 16.2. The molecule has 5 nitrogen and oxygen atoms in total. The van der Waals surface area contributed by atoms with Gasteiger partial charge in [0, 0.05) is 11.7 Å². The number of primary amides is 2. The summed E-state index contributed by atoms with van der Waals surface area (Å²) in [4.78, 5) is 23.5. The number of nitrogens with two attached hydrogens (primary N) is 2. The van der Waals surface area contributed by atoms with Gasteiger partial charge < -0.3 is 16.6 Å². The lowest BCUT2D eigenvalue weighted by Crippen LogP contribution is -2.44. The second-order valence-electron chi connectivity index (χ2n) is 5.76. The van der Waals surface area contributed by atoms with Crippen molar-refractivity contribution < 1.29 is 14.7 Å². The third kappa shape index (κ3) is 4.14. The number of hydrogen-bond donors (Lipinski definition) is 4. The van der Waals surface area contributed by atoms with Gasteiger partial charge in [0.2, 0.25) is 11.8 Å². The molecule has 0 bridgehead atoms. The Hall–Kier alpha value is -1.69. The van der Waals surface area contributed by atoms with E-state index in [2.05, 4.69) is 12.6 Å². The monoisotopic (exact) mass is 310 g/mol. The molecule has 6 heteroatoms. The second kappa shape index (κ2) is 6.85.